The maximum absolute atomic E-state index is 12.5. The van der Waals surface area contributed by atoms with E-state index in [2.05, 4.69) is 5.32 Å². The molecule has 5 N–H and O–H groups in total. The number of carbonyl (C=O) groups is 2. The van der Waals surface area contributed by atoms with Crippen molar-refractivity contribution in [2.24, 2.45) is 11.5 Å². The fourth-order valence-electron chi connectivity index (χ4n) is 2.82. The molecule has 0 saturated carbocycles. The molecular formula is C15H24ClN5O3. The summed E-state index contributed by atoms with van der Waals surface area (Å²) < 4.78 is 5.40. The number of nitrogens with zero attached hydrogens (tertiary/aromatic N) is 2. The smallest absolute Gasteiger partial charge is 0.410 e. The number of nitrogens with two attached hydrogens (primary N) is 2. The number of allylic oxidation sites excluding steroid dienone is 1. The molecule has 0 aromatic rings. The number of fused-ring (bicyclic) bond motifs is 1. The first-order valence-corrected chi connectivity index (χ1v) is 8.01. The number of piperazine rings is 1. The molecule has 2 aliphatic rings. The molecule has 0 aromatic heterocycles. The lowest BCUT2D eigenvalue weighted by Crippen LogP contribution is -2.70. The molecule has 2 amide bonds. The number of amides is 2. The lowest BCUT2D eigenvalue weighted by molar-refractivity contribution is -0.135. The van der Waals surface area contributed by atoms with Crippen molar-refractivity contribution in [1.82, 2.24) is 15.1 Å². The minimum atomic E-state index is -0.990. The van der Waals surface area contributed by atoms with E-state index >= 15 is 0 Å². The molecule has 0 radical (unpaired) electrons. The van der Waals surface area contributed by atoms with Gasteiger partial charge in [0.2, 0.25) is 0 Å². The van der Waals surface area contributed by atoms with E-state index in [1.807, 2.05) is 4.90 Å². The summed E-state index contributed by atoms with van der Waals surface area (Å²) in [4.78, 5) is 28.2. The van der Waals surface area contributed by atoms with Crippen molar-refractivity contribution in [3.8, 4) is 0 Å². The molecule has 1 atom stereocenters. The van der Waals surface area contributed by atoms with Gasteiger partial charge in [0.15, 0.2) is 0 Å². The number of nitrogens with one attached hydrogen (secondary N) is 1. The van der Waals surface area contributed by atoms with Gasteiger partial charge in [-0.1, -0.05) is 11.6 Å². The van der Waals surface area contributed by atoms with Crippen LogP contribution in [0.1, 0.15) is 27.7 Å². The van der Waals surface area contributed by atoms with Gasteiger partial charge in [-0.05, 0) is 33.8 Å². The van der Waals surface area contributed by atoms with E-state index in [0.29, 0.717) is 18.8 Å². The Bertz CT molecular complexity index is 621. The van der Waals surface area contributed by atoms with Gasteiger partial charge in [-0.15, -0.1) is 0 Å². The monoisotopic (exact) mass is 357 g/mol. The second-order valence-corrected chi connectivity index (χ2v) is 7.55. The lowest BCUT2D eigenvalue weighted by Gasteiger charge is -2.51. The maximum atomic E-state index is 12.5. The normalized spacial score (nSPS) is 25.4. The third-order valence-corrected chi connectivity index (χ3v) is 4.03. The van der Waals surface area contributed by atoms with Crippen LogP contribution in [0.2, 0.25) is 0 Å². The van der Waals surface area contributed by atoms with Crippen LogP contribution in [0.4, 0.5) is 4.79 Å². The Kier molecular flexibility index (Phi) is 4.63. The zero-order chi connectivity index (χ0) is 18.3. The number of halogens is 1. The van der Waals surface area contributed by atoms with Crippen LogP contribution >= 0.6 is 11.6 Å². The van der Waals surface area contributed by atoms with E-state index in [4.69, 9.17) is 27.8 Å². The topological polar surface area (TPSA) is 114 Å². The predicted octanol–water partition coefficient (Wildman–Crippen LogP) is 0.594. The summed E-state index contributed by atoms with van der Waals surface area (Å²) in [5, 5.41) is 2.68. The molecule has 2 heterocycles. The molecular weight excluding hydrogens is 334 g/mol. The average molecular weight is 358 g/mol. The van der Waals surface area contributed by atoms with Crippen LogP contribution in [0.25, 0.3) is 0 Å². The Labute approximate surface area is 146 Å². The minimum Gasteiger partial charge on any atom is -0.444 e. The van der Waals surface area contributed by atoms with Gasteiger partial charge in [-0.3, -0.25) is 4.79 Å². The van der Waals surface area contributed by atoms with Crippen LogP contribution in [0.3, 0.4) is 0 Å². The summed E-state index contributed by atoms with van der Waals surface area (Å²) in [6.07, 6.45) is 1.05. The highest BCUT2D eigenvalue weighted by atomic mass is 35.5. The van der Waals surface area contributed by atoms with Gasteiger partial charge >= 0.3 is 6.09 Å². The summed E-state index contributed by atoms with van der Waals surface area (Å²) in [6.45, 7) is 8.10. The molecule has 0 bridgehead atoms. The SMILES string of the molecule is CC(C)(C)OC(=O)N1CCN2C(/C=C(\N)Cl)=C(N)NC(=O)C2(C)C1. The molecule has 1 unspecified atom stereocenters. The summed E-state index contributed by atoms with van der Waals surface area (Å²) in [5.74, 6) is -0.106. The van der Waals surface area contributed by atoms with Crippen molar-refractivity contribution in [2.75, 3.05) is 19.6 Å². The van der Waals surface area contributed by atoms with Crippen LogP contribution < -0.4 is 16.8 Å². The van der Waals surface area contributed by atoms with Crippen molar-refractivity contribution in [2.45, 2.75) is 38.8 Å². The van der Waals surface area contributed by atoms with E-state index in [0.717, 1.165) is 0 Å². The van der Waals surface area contributed by atoms with Crippen LogP contribution in [-0.2, 0) is 9.53 Å². The number of rotatable bonds is 1. The predicted molar refractivity (Wildman–Crippen MR) is 90.4 cm³/mol. The first-order chi connectivity index (χ1) is 10.9. The second-order valence-electron chi connectivity index (χ2n) is 7.11. The fraction of sp³-hybridized carbons (Fsp3) is 0.600. The molecule has 0 aliphatic carbocycles. The van der Waals surface area contributed by atoms with Gasteiger partial charge in [0.25, 0.3) is 5.91 Å². The van der Waals surface area contributed by atoms with E-state index < -0.39 is 17.2 Å². The van der Waals surface area contributed by atoms with Gasteiger partial charge in [0.05, 0.1) is 12.2 Å². The van der Waals surface area contributed by atoms with Gasteiger partial charge in [0.1, 0.15) is 22.1 Å². The third kappa shape index (κ3) is 3.53. The zero-order valence-electron chi connectivity index (χ0n) is 14.4. The molecule has 9 heteroatoms. The minimum absolute atomic E-state index is 0.0565. The van der Waals surface area contributed by atoms with Gasteiger partial charge in [-0.2, -0.15) is 0 Å². The van der Waals surface area contributed by atoms with Crippen LogP contribution in [-0.4, -0.2) is 52.6 Å². The highest BCUT2D eigenvalue weighted by molar-refractivity contribution is 6.29. The fourth-order valence-corrected chi connectivity index (χ4v) is 2.92. The molecule has 134 valence electrons. The van der Waals surface area contributed by atoms with Gasteiger partial charge in [0, 0.05) is 13.1 Å². The number of ether oxygens (including phenoxy) is 1. The molecule has 0 aromatic carbocycles. The maximum Gasteiger partial charge on any atom is 0.410 e. The van der Waals surface area contributed by atoms with Gasteiger partial charge in [-0.25, -0.2) is 4.79 Å². The van der Waals surface area contributed by atoms with E-state index in [9.17, 15) is 9.59 Å². The first kappa shape index (κ1) is 18.3. The Morgan fingerprint density at radius 1 is 1.42 bits per heavy atom. The van der Waals surface area contributed by atoms with Crippen molar-refractivity contribution in [3.63, 3.8) is 0 Å². The third-order valence-electron chi connectivity index (χ3n) is 3.92. The molecule has 2 rings (SSSR count). The van der Waals surface area contributed by atoms with E-state index in [1.54, 1.807) is 27.7 Å². The highest BCUT2D eigenvalue weighted by Gasteiger charge is 2.49. The van der Waals surface area contributed by atoms with Crippen LogP contribution in [0.5, 0.6) is 0 Å². The first-order valence-electron chi connectivity index (χ1n) is 7.63. The Balaban J connectivity index is 2.28. The summed E-state index contributed by atoms with van der Waals surface area (Å²) in [6, 6.07) is 0. The number of carbonyl (C=O) groups excluding carboxylic acids is 2. The highest BCUT2D eigenvalue weighted by Crippen LogP contribution is 2.31. The summed E-state index contributed by atoms with van der Waals surface area (Å²) >= 11 is 5.77. The average Bonchev–Trinajstić information content (AvgIpc) is 2.41. The lowest BCUT2D eigenvalue weighted by atomic mass is 9.92. The Hall–Kier alpha value is -2.09. The molecule has 1 fully saturated rings. The summed E-state index contributed by atoms with van der Waals surface area (Å²) in [7, 11) is 0. The van der Waals surface area contributed by atoms with Gasteiger partial charge < -0.3 is 31.3 Å². The van der Waals surface area contributed by atoms with Crippen molar-refractivity contribution >= 4 is 23.6 Å². The molecule has 1 saturated heterocycles. The van der Waals surface area contributed by atoms with Crippen molar-refractivity contribution in [1.29, 1.82) is 0 Å². The molecule has 8 nitrogen and oxygen atoms in total. The number of hydrogen-bond donors (Lipinski definition) is 3. The second kappa shape index (κ2) is 6.08. The summed E-state index contributed by atoms with van der Waals surface area (Å²) in [5.41, 5.74) is 10.4. The quantitative estimate of drug-likeness (QED) is 0.592. The van der Waals surface area contributed by atoms with E-state index in [-0.39, 0.29) is 23.4 Å². The molecule has 24 heavy (non-hydrogen) atoms. The Morgan fingerprint density at radius 3 is 2.58 bits per heavy atom. The van der Waals surface area contributed by atoms with Crippen LogP contribution in [0, 0.1) is 0 Å². The Morgan fingerprint density at radius 2 is 2.04 bits per heavy atom. The molecule has 2 aliphatic heterocycles. The van der Waals surface area contributed by atoms with Crippen LogP contribution in [0.15, 0.2) is 22.8 Å². The zero-order valence-corrected chi connectivity index (χ0v) is 15.1. The standard InChI is InChI=1S/C15H24ClN5O3/c1-14(2,3)24-13(23)20-5-6-21-9(7-10(16)17)11(18)19-12(22)15(21,4)8-20/h7H,5-6,8,17-18H2,1-4H3,(H,19,22)/b10-7-. The number of hydrogen-bond acceptors (Lipinski definition) is 6. The van der Waals surface area contributed by atoms with Crippen molar-refractivity contribution in [3.05, 3.63) is 22.8 Å². The molecule has 0 spiro atoms. The van der Waals surface area contributed by atoms with Crippen molar-refractivity contribution < 1.29 is 14.3 Å². The van der Waals surface area contributed by atoms with E-state index in [1.165, 1.54) is 11.0 Å². The largest absolute Gasteiger partial charge is 0.444 e.